The van der Waals surface area contributed by atoms with Gasteiger partial charge in [0.05, 0.1) is 31.7 Å². The quantitative estimate of drug-likeness (QED) is 0.739. The third-order valence-electron chi connectivity index (χ3n) is 4.32. The summed E-state index contributed by atoms with van der Waals surface area (Å²) in [6.45, 7) is 1.55. The summed E-state index contributed by atoms with van der Waals surface area (Å²) in [6.07, 6.45) is 5.32. The lowest BCUT2D eigenvalue weighted by atomic mass is 10.1. The molecule has 3 aromatic heterocycles. The van der Waals surface area contributed by atoms with Crippen LogP contribution in [0.3, 0.4) is 0 Å². The SMILES string of the molecule is COc1ncc(-c2cnc3ccc(NC4CCOCC4)nn23)c(OC)n1. The van der Waals surface area contributed by atoms with Crippen LogP contribution in [0.1, 0.15) is 12.8 Å². The first-order valence-corrected chi connectivity index (χ1v) is 8.43. The van der Waals surface area contributed by atoms with Gasteiger partial charge < -0.3 is 19.5 Å². The van der Waals surface area contributed by atoms with E-state index >= 15 is 0 Å². The van der Waals surface area contributed by atoms with Crippen molar-refractivity contribution in [2.45, 2.75) is 18.9 Å². The molecule has 1 saturated heterocycles. The van der Waals surface area contributed by atoms with E-state index in [0.717, 1.165) is 43.2 Å². The smallest absolute Gasteiger partial charge is 0.319 e. The Balaban J connectivity index is 1.70. The maximum Gasteiger partial charge on any atom is 0.319 e. The molecule has 0 unspecified atom stereocenters. The standard InChI is InChI=1S/C17H20N6O3/c1-24-16-12(9-19-17(21-16)25-2)13-10-18-15-4-3-14(22-23(13)15)20-11-5-7-26-8-6-11/h3-4,9-11H,5-8H2,1-2H3,(H,20,22). The van der Waals surface area contributed by atoms with Crippen molar-refractivity contribution in [1.82, 2.24) is 24.6 Å². The molecular weight excluding hydrogens is 336 g/mol. The van der Waals surface area contributed by atoms with Gasteiger partial charge in [-0.3, -0.25) is 0 Å². The predicted molar refractivity (Wildman–Crippen MR) is 94.6 cm³/mol. The Bertz CT molecular complexity index is 907. The molecule has 3 aromatic rings. The third-order valence-corrected chi connectivity index (χ3v) is 4.32. The molecule has 1 aliphatic rings. The summed E-state index contributed by atoms with van der Waals surface area (Å²) < 4.78 is 17.6. The van der Waals surface area contributed by atoms with Gasteiger partial charge in [0.15, 0.2) is 5.65 Å². The second-order valence-electron chi connectivity index (χ2n) is 5.94. The van der Waals surface area contributed by atoms with Crippen molar-refractivity contribution in [2.24, 2.45) is 0 Å². The van der Waals surface area contributed by atoms with Crippen molar-refractivity contribution in [3.05, 3.63) is 24.5 Å². The van der Waals surface area contributed by atoms with Gasteiger partial charge in [-0.25, -0.2) is 14.5 Å². The molecule has 9 nitrogen and oxygen atoms in total. The number of nitrogens with one attached hydrogen (secondary N) is 1. The van der Waals surface area contributed by atoms with Gasteiger partial charge in [-0.1, -0.05) is 0 Å². The Morgan fingerprint density at radius 1 is 1.12 bits per heavy atom. The summed E-state index contributed by atoms with van der Waals surface area (Å²) >= 11 is 0. The van der Waals surface area contributed by atoms with Crippen LogP contribution in [-0.2, 0) is 4.74 Å². The zero-order chi connectivity index (χ0) is 17.9. The van der Waals surface area contributed by atoms with Gasteiger partial charge in [0.25, 0.3) is 0 Å². The van der Waals surface area contributed by atoms with Crippen LogP contribution in [0.2, 0.25) is 0 Å². The molecule has 26 heavy (non-hydrogen) atoms. The second kappa shape index (κ2) is 7.12. The number of hydrogen-bond donors (Lipinski definition) is 1. The first kappa shape index (κ1) is 16.5. The molecule has 1 aliphatic heterocycles. The Labute approximate surface area is 150 Å². The summed E-state index contributed by atoms with van der Waals surface area (Å²) in [5, 5.41) is 8.15. The number of fused-ring (bicyclic) bond motifs is 1. The van der Waals surface area contributed by atoms with Crippen molar-refractivity contribution in [3.63, 3.8) is 0 Å². The van der Waals surface area contributed by atoms with Crippen molar-refractivity contribution < 1.29 is 14.2 Å². The molecule has 9 heteroatoms. The highest BCUT2D eigenvalue weighted by molar-refractivity contribution is 5.67. The number of aromatic nitrogens is 5. The summed E-state index contributed by atoms with van der Waals surface area (Å²) in [6, 6.07) is 4.46. The molecule has 4 heterocycles. The fourth-order valence-electron chi connectivity index (χ4n) is 2.97. The van der Waals surface area contributed by atoms with Crippen LogP contribution in [0.5, 0.6) is 11.9 Å². The lowest BCUT2D eigenvalue weighted by Crippen LogP contribution is -2.28. The van der Waals surface area contributed by atoms with E-state index in [9.17, 15) is 0 Å². The number of ether oxygens (including phenoxy) is 3. The fraction of sp³-hybridized carbons (Fsp3) is 0.412. The molecule has 0 atom stereocenters. The van der Waals surface area contributed by atoms with Crippen LogP contribution >= 0.6 is 0 Å². The molecule has 136 valence electrons. The van der Waals surface area contributed by atoms with Crippen molar-refractivity contribution in [2.75, 3.05) is 32.8 Å². The maximum atomic E-state index is 5.40. The van der Waals surface area contributed by atoms with E-state index in [2.05, 4.69) is 25.4 Å². The molecule has 4 rings (SSSR count). The molecule has 0 amide bonds. The Morgan fingerprint density at radius 2 is 1.96 bits per heavy atom. The van der Waals surface area contributed by atoms with Gasteiger partial charge in [-0.2, -0.15) is 4.98 Å². The lowest BCUT2D eigenvalue weighted by molar-refractivity contribution is 0.0903. The van der Waals surface area contributed by atoms with E-state index < -0.39 is 0 Å². The first-order chi connectivity index (χ1) is 12.8. The van der Waals surface area contributed by atoms with Gasteiger partial charge >= 0.3 is 6.01 Å². The van der Waals surface area contributed by atoms with Crippen molar-refractivity contribution in [1.29, 1.82) is 0 Å². The molecule has 0 radical (unpaired) electrons. The zero-order valence-corrected chi connectivity index (χ0v) is 14.7. The summed E-state index contributed by atoms with van der Waals surface area (Å²) in [4.78, 5) is 12.8. The highest BCUT2D eigenvalue weighted by Gasteiger charge is 2.17. The average Bonchev–Trinajstić information content (AvgIpc) is 3.11. The highest BCUT2D eigenvalue weighted by Crippen LogP contribution is 2.29. The van der Waals surface area contributed by atoms with Crippen LogP contribution in [0, 0.1) is 0 Å². The Kier molecular flexibility index (Phi) is 4.53. The van der Waals surface area contributed by atoms with Gasteiger partial charge in [0.2, 0.25) is 5.88 Å². The number of methoxy groups -OCH3 is 2. The predicted octanol–water partition coefficient (Wildman–Crippen LogP) is 1.79. The van der Waals surface area contributed by atoms with Crippen LogP contribution in [-0.4, -0.2) is 58.0 Å². The molecule has 1 fully saturated rings. The second-order valence-corrected chi connectivity index (χ2v) is 5.94. The minimum absolute atomic E-state index is 0.245. The Morgan fingerprint density at radius 3 is 2.73 bits per heavy atom. The summed E-state index contributed by atoms with van der Waals surface area (Å²) in [5.41, 5.74) is 2.17. The van der Waals surface area contributed by atoms with Crippen LogP contribution < -0.4 is 14.8 Å². The molecule has 1 N–H and O–H groups in total. The number of rotatable bonds is 5. The minimum atomic E-state index is 0.245. The Hall–Kier alpha value is -2.94. The van der Waals surface area contributed by atoms with E-state index in [1.807, 2.05) is 12.1 Å². The van der Waals surface area contributed by atoms with Gasteiger partial charge in [-0.15, -0.1) is 5.10 Å². The average molecular weight is 356 g/mol. The zero-order valence-electron chi connectivity index (χ0n) is 14.7. The number of nitrogens with zero attached hydrogens (tertiary/aromatic N) is 5. The lowest BCUT2D eigenvalue weighted by Gasteiger charge is -2.23. The number of imidazole rings is 1. The number of hydrogen-bond acceptors (Lipinski definition) is 8. The van der Waals surface area contributed by atoms with Crippen LogP contribution in [0.4, 0.5) is 5.82 Å². The van der Waals surface area contributed by atoms with E-state index in [4.69, 9.17) is 14.2 Å². The fourth-order valence-corrected chi connectivity index (χ4v) is 2.97. The molecular formula is C17H20N6O3. The van der Waals surface area contributed by atoms with Gasteiger partial charge in [-0.05, 0) is 25.0 Å². The summed E-state index contributed by atoms with van der Waals surface area (Å²) in [5.74, 6) is 1.19. The van der Waals surface area contributed by atoms with Crippen LogP contribution in [0.15, 0.2) is 24.5 Å². The highest BCUT2D eigenvalue weighted by atomic mass is 16.5. The molecule has 0 saturated carbocycles. The first-order valence-electron chi connectivity index (χ1n) is 8.43. The van der Waals surface area contributed by atoms with Gasteiger partial charge in [0.1, 0.15) is 5.82 Å². The molecule has 0 aliphatic carbocycles. The van der Waals surface area contributed by atoms with E-state index in [0.29, 0.717) is 17.5 Å². The topological polar surface area (TPSA) is 95.7 Å². The molecule has 0 spiro atoms. The maximum absolute atomic E-state index is 5.40. The normalized spacial score (nSPS) is 15.2. The number of anilines is 1. The van der Waals surface area contributed by atoms with E-state index in [-0.39, 0.29) is 6.01 Å². The largest absolute Gasteiger partial charge is 0.480 e. The van der Waals surface area contributed by atoms with Crippen molar-refractivity contribution >= 4 is 11.5 Å². The monoisotopic (exact) mass is 356 g/mol. The molecule has 0 bridgehead atoms. The van der Waals surface area contributed by atoms with E-state index in [1.165, 1.54) is 7.11 Å². The van der Waals surface area contributed by atoms with E-state index in [1.54, 1.807) is 24.0 Å². The third kappa shape index (κ3) is 3.13. The minimum Gasteiger partial charge on any atom is -0.480 e. The van der Waals surface area contributed by atoms with Gasteiger partial charge in [0, 0.05) is 25.5 Å². The summed E-state index contributed by atoms with van der Waals surface area (Å²) in [7, 11) is 3.07. The van der Waals surface area contributed by atoms with Crippen molar-refractivity contribution in [3.8, 4) is 23.1 Å². The molecule has 0 aromatic carbocycles. The van der Waals surface area contributed by atoms with Crippen LogP contribution in [0.25, 0.3) is 16.9 Å².